The van der Waals surface area contributed by atoms with Crippen LogP contribution in [0, 0.1) is 0 Å². The largest absolute Gasteiger partial charge is 0.479 e. The summed E-state index contributed by atoms with van der Waals surface area (Å²) in [5, 5.41) is 10.0. The molecule has 0 fully saturated rings. The Balaban J connectivity index is 1.41. The number of amides is 1. The van der Waals surface area contributed by atoms with Crippen molar-refractivity contribution in [2.45, 2.75) is 180 Å². The summed E-state index contributed by atoms with van der Waals surface area (Å²) >= 11 is 0. The van der Waals surface area contributed by atoms with Gasteiger partial charge in [0.2, 0.25) is 0 Å². The number of ether oxygens (including phenoxy) is 8. The third kappa shape index (κ3) is 30.2. The van der Waals surface area contributed by atoms with Crippen molar-refractivity contribution >= 4 is 17.8 Å². The second kappa shape index (κ2) is 46.3. The third-order valence-electron chi connectivity index (χ3n) is 13.7. The molecule has 78 heavy (non-hydrogen) atoms. The molecule has 1 N–H and O–H groups in total. The van der Waals surface area contributed by atoms with Crippen LogP contribution in [0.4, 0.5) is 0 Å². The summed E-state index contributed by atoms with van der Waals surface area (Å²) in [7, 11) is 0. The first-order valence-corrected chi connectivity index (χ1v) is 30.0. The molecule has 13 nitrogen and oxygen atoms in total. The van der Waals surface area contributed by atoms with Crippen LogP contribution in [0.3, 0.4) is 0 Å². The zero-order valence-electron chi connectivity index (χ0n) is 48.3. The maximum absolute atomic E-state index is 14.3. The summed E-state index contributed by atoms with van der Waals surface area (Å²) < 4.78 is 47.9. The van der Waals surface area contributed by atoms with Gasteiger partial charge in [-0.3, -0.25) is 9.59 Å². The van der Waals surface area contributed by atoms with Crippen molar-refractivity contribution in [2.24, 2.45) is 0 Å². The van der Waals surface area contributed by atoms with Gasteiger partial charge in [-0.15, -0.1) is 0 Å². The number of hydrogen-bond donors (Lipinski definition) is 1. The number of unbranched alkanes of at least 4 members (excludes halogenated alkanes) is 16. The molecular formula is C65H101NO12. The Labute approximate surface area is 470 Å². The normalized spacial score (nSPS) is 12.5. The predicted molar refractivity (Wildman–Crippen MR) is 311 cm³/mol. The van der Waals surface area contributed by atoms with Crippen LogP contribution in [0.1, 0.15) is 179 Å². The van der Waals surface area contributed by atoms with Crippen LogP contribution in [-0.4, -0.2) is 132 Å². The lowest BCUT2D eigenvalue weighted by atomic mass is 9.80. The van der Waals surface area contributed by atoms with Crippen LogP contribution in [0.25, 0.3) is 0 Å². The highest BCUT2D eigenvalue weighted by molar-refractivity contribution is 5.81. The number of carboxylic acid groups (broad SMARTS) is 1. The van der Waals surface area contributed by atoms with Crippen LogP contribution < -0.4 is 0 Å². The van der Waals surface area contributed by atoms with Gasteiger partial charge in [0, 0.05) is 26.1 Å². The minimum absolute atomic E-state index is 0.136. The minimum atomic E-state index is -1.03. The Kier molecular flexibility index (Phi) is 40.2. The van der Waals surface area contributed by atoms with E-state index in [0.29, 0.717) is 98.6 Å². The van der Waals surface area contributed by atoms with E-state index in [0.717, 1.165) is 107 Å². The molecule has 0 bridgehead atoms. The molecule has 0 aliphatic heterocycles. The zero-order valence-corrected chi connectivity index (χ0v) is 48.3. The molecule has 2 unspecified atom stereocenters. The Morgan fingerprint density at radius 2 is 0.962 bits per heavy atom. The van der Waals surface area contributed by atoms with Crippen LogP contribution in [0.2, 0.25) is 0 Å². The number of nitrogens with zero attached hydrogens (tertiary/aromatic N) is 1. The summed E-state index contributed by atoms with van der Waals surface area (Å²) in [6.45, 7) is 11.5. The van der Waals surface area contributed by atoms with Gasteiger partial charge in [0.05, 0.1) is 66.1 Å². The van der Waals surface area contributed by atoms with E-state index in [2.05, 4.69) is 63.2 Å². The van der Waals surface area contributed by atoms with Crippen molar-refractivity contribution < 1.29 is 57.4 Å². The zero-order chi connectivity index (χ0) is 55.8. The summed E-state index contributed by atoms with van der Waals surface area (Å²) in [6, 6.07) is 30.9. The first-order valence-electron chi connectivity index (χ1n) is 30.0. The molecule has 438 valence electrons. The molecule has 1 amide bonds. The molecule has 0 aliphatic rings. The number of carbonyl (C=O) groups excluding carboxylic acids is 2. The first-order chi connectivity index (χ1) is 38.4. The van der Waals surface area contributed by atoms with Crippen molar-refractivity contribution in [3.63, 3.8) is 0 Å². The maximum Gasteiger partial charge on any atom is 0.332 e. The van der Waals surface area contributed by atoms with Gasteiger partial charge in [-0.2, -0.15) is 0 Å². The molecule has 0 spiro atoms. The molecule has 0 aliphatic carbocycles. The molecule has 0 heterocycles. The Morgan fingerprint density at radius 1 is 0.487 bits per heavy atom. The van der Waals surface area contributed by atoms with E-state index >= 15 is 0 Å². The second-order valence-electron chi connectivity index (χ2n) is 20.1. The summed E-state index contributed by atoms with van der Waals surface area (Å²) in [5.74, 6) is -1.41. The molecule has 0 aromatic heterocycles. The van der Waals surface area contributed by atoms with Gasteiger partial charge in [0.15, 0.2) is 12.2 Å². The highest BCUT2D eigenvalue weighted by atomic mass is 16.6. The van der Waals surface area contributed by atoms with Crippen molar-refractivity contribution in [3.05, 3.63) is 120 Å². The van der Waals surface area contributed by atoms with Gasteiger partial charge < -0.3 is 47.9 Å². The highest BCUT2D eigenvalue weighted by Crippen LogP contribution is 2.40. The molecule has 13 heteroatoms. The Morgan fingerprint density at radius 3 is 1.51 bits per heavy atom. The molecule has 2 atom stereocenters. The van der Waals surface area contributed by atoms with Gasteiger partial charge in [-0.25, -0.2) is 4.79 Å². The van der Waals surface area contributed by atoms with E-state index < -0.39 is 23.8 Å². The summed E-state index contributed by atoms with van der Waals surface area (Å²) in [5.41, 5.74) is 2.34. The minimum Gasteiger partial charge on any atom is -0.479 e. The quantitative estimate of drug-likeness (QED) is 0.0248. The summed E-state index contributed by atoms with van der Waals surface area (Å²) in [6.07, 6.45) is 23.2. The molecule has 3 aromatic rings. The number of hydrogen-bond acceptors (Lipinski definition) is 11. The number of carbonyl (C=O) groups is 3. The number of allylic oxidation sites excluding steroid dienone is 1. The lowest BCUT2D eigenvalue weighted by molar-refractivity contribution is -0.161. The van der Waals surface area contributed by atoms with Gasteiger partial charge in [-0.05, 0) is 55.2 Å². The SMILES string of the molecule is CCCCCC/C=C\COC(=O)CCCCCCCOC(COC(CCCCCC)C(=O)O)C(=O)N(CCCCCCCC)CCOCCOCCOCCOCCOC(c1ccccc1)(c1ccccc1)c1ccccc1. The number of rotatable bonds is 52. The monoisotopic (exact) mass is 1090 g/mol. The lowest BCUT2D eigenvalue weighted by Gasteiger charge is -2.36. The molecule has 3 rings (SSSR count). The highest BCUT2D eigenvalue weighted by Gasteiger charge is 2.37. The summed E-state index contributed by atoms with van der Waals surface area (Å²) in [4.78, 5) is 40.5. The number of benzene rings is 3. The fourth-order valence-corrected chi connectivity index (χ4v) is 9.22. The molecule has 0 saturated carbocycles. The average molecular weight is 1090 g/mol. The van der Waals surface area contributed by atoms with Crippen LogP contribution in [0.5, 0.6) is 0 Å². The molecule has 3 aromatic carbocycles. The van der Waals surface area contributed by atoms with E-state index in [4.69, 9.17) is 37.9 Å². The molecular weight excluding hydrogens is 987 g/mol. The van der Waals surface area contributed by atoms with Crippen LogP contribution in [0.15, 0.2) is 103 Å². The Bertz CT molecular complexity index is 1820. The molecule has 0 radical (unpaired) electrons. The van der Waals surface area contributed by atoms with Gasteiger partial charge >= 0.3 is 11.9 Å². The maximum atomic E-state index is 14.3. The smallest absolute Gasteiger partial charge is 0.332 e. The van der Waals surface area contributed by atoms with E-state index in [-0.39, 0.29) is 18.5 Å². The first kappa shape index (κ1) is 67.8. The van der Waals surface area contributed by atoms with Crippen molar-refractivity contribution in [1.29, 1.82) is 0 Å². The molecule has 0 saturated heterocycles. The lowest BCUT2D eigenvalue weighted by Crippen LogP contribution is -2.45. The average Bonchev–Trinajstić information content (AvgIpc) is 3.52. The number of aliphatic carboxylic acids is 1. The van der Waals surface area contributed by atoms with Crippen molar-refractivity contribution in [3.8, 4) is 0 Å². The number of esters is 1. The Hall–Kier alpha value is -4.47. The van der Waals surface area contributed by atoms with Gasteiger partial charge in [0.1, 0.15) is 12.2 Å². The van der Waals surface area contributed by atoms with E-state index in [9.17, 15) is 19.5 Å². The van der Waals surface area contributed by atoms with Crippen LogP contribution >= 0.6 is 0 Å². The van der Waals surface area contributed by atoms with E-state index in [1.165, 1.54) is 38.5 Å². The standard InChI is InChI=1S/C65H101NO12/c1-4-7-10-13-15-19-34-46-76-62(67)42-31-17-16-20-33-45-75-61(56-77-60(64(69)70)41-30-12-9-6-3)63(68)66(43-32-18-14-11-8-5-2)44-47-71-48-49-72-50-51-73-52-53-74-54-55-78-65(57-35-24-21-25-36-57,58-37-26-22-27-38-58)59-39-28-23-29-40-59/h19,21-29,34-40,60-61H,4-18,20,30-33,41-56H2,1-3H3,(H,69,70)/b34-19-. The van der Waals surface area contributed by atoms with E-state index in [1.54, 1.807) is 4.90 Å². The number of carboxylic acids is 1. The predicted octanol–water partition coefficient (Wildman–Crippen LogP) is 13.5. The fraction of sp³-hybridized carbons (Fsp3) is 0.646. The second-order valence-corrected chi connectivity index (χ2v) is 20.1. The third-order valence-corrected chi connectivity index (χ3v) is 13.7. The van der Waals surface area contributed by atoms with Gasteiger partial charge in [-0.1, -0.05) is 220 Å². The topological polar surface area (TPSA) is 149 Å². The van der Waals surface area contributed by atoms with Gasteiger partial charge in [0.25, 0.3) is 5.91 Å². The van der Waals surface area contributed by atoms with E-state index in [1.807, 2.05) is 60.7 Å². The van der Waals surface area contributed by atoms with Crippen molar-refractivity contribution in [1.82, 2.24) is 4.90 Å². The fourth-order valence-electron chi connectivity index (χ4n) is 9.22. The van der Waals surface area contributed by atoms with Crippen LogP contribution in [-0.2, 0) is 57.9 Å². The van der Waals surface area contributed by atoms with Crippen molar-refractivity contribution in [2.75, 3.05) is 92.4 Å².